The predicted octanol–water partition coefficient (Wildman–Crippen LogP) is 2.41. The van der Waals surface area contributed by atoms with Crippen LogP contribution in [0.5, 0.6) is 0 Å². The Hall–Kier alpha value is -1.77. The van der Waals surface area contributed by atoms with Gasteiger partial charge in [0.15, 0.2) is 5.78 Å². The molecule has 2 N–H and O–H groups in total. The van der Waals surface area contributed by atoms with Gasteiger partial charge in [0.05, 0.1) is 0 Å². The second-order valence-electron chi connectivity index (χ2n) is 3.29. The van der Waals surface area contributed by atoms with Gasteiger partial charge in [0, 0.05) is 23.5 Å². The van der Waals surface area contributed by atoms with Gasteiger partial charge in [-0.15, -0.1) is 0 Å². The Bertz CT molecular complexity index is 485. The summed E-state index contributed by atoms with van der Waals surface area (Å²) < 4.78 is 0. The van der Waals surface area contributed by atoms with Crippen LogP contribution < -0.4 is 5.32 Å². The van der Waals surface area contributed by atoms with E-state index in [4.69, 9.17) is 0 Å². The Morgan fingerprint density at radius 2 is 2.14 bits per heavy atom. The standard InChI is InChI=1S/C11H12N2O/c1-7(14)8-3-4-10-9(5-8)6-11(12-2)13-10/h3-6,12-13H,1-2H3. The van der Waals surface area contributed by atoms with Crippen molar-refractivity contribution >= 4 is 22.5 Å². The SMILES string of the molecule is CNc1cc2cc(C(C)=O)ccc2[nH]1. The summed E-state index contributed by atoms with van der Waals surface area (Å²) in [5.74, 6) is 1.06. The van der Waals surface area contributed by atoms with Gasteiger partial charge in [0.1, 0.15) is 5.82 Å². The molecule has 0 radical (unpaired) electrons. The second kappa shape index (κ2) is 3.18. The first-order chi connectivity index (χ1) is 6.70. The number of anilines is 1. The molecule has 2 rings (SSSR count). The van der Waals surface area contributed by atoms with E-state index in [-0.39, 0.29) is 5.78 Å². The number of fused-ring (bicyclic) bond motifs is 1. The summed E-state index contributed by atoms with van der Waals surface area (Å²) in [5, 5.41) is 4.08. The van der Waals surface area contributed by atoms with Crippen LogP contribution in [-0.2, 0) is 0 Å². The zero-order valence-corrected chi connectivity index (χ0v) is 8.22. The number of nitrogens with one attached hydrogen (secondary N) is 2. The lowest BCUT2D eigenvalue weighted by Crippen LogP contribution is -1.89. The molecule has 3 nitrogen and oxygen atoms in total. The number of hydrogen-bond donors (Lipinski definition) is 2. The quantitative estimate of drug-likeness (QED) is 0.711. The number of aromatic nitrogens is 1. The highest BCUT2D eigenvalue weighted by Crippen LogP contribution is 2.19. The molecule has 1 aromatic carbocycles. The van der Waals surface area contributed by atoms with Gasteiger partial charge >= 0.3 is 0 Å². The highest BCUT2D eigenvalue weighted by Gasteiger charge is 2.03. The van der Waals surface area contributed by atoms with Gasteiger partial charge in [-0.2, -0.15) is 0 Å². The smallest absolute Gasteiger partial charge is 0.159 e. The third-order valence-corrected chi connectivity index (χ3v) is 2.30. The monoisotopic (exact) mass is 188 g/mol. The highest BCUT2D eigenvalue weighted by molar-refractivity contribution is 5.98. The lowest BCUT2D eigenvalue weighted by atomic mass is 10.1. The Morgan fingerprint density at radius 1 is 1.36 bits per heavy atom. The zero-order valence-electron chi connectivity index (χ0n) is 8.22. The number of rotatable bonds is 2. The van der Waals surface area contributed by atoms with Gasteiger partial charge in [-0.1, -0.05) is 0 Å². The zero-order chi connectivity index (χ0) is 10.1. The minimum absolute atomic E-state index is 0.0964. The Kier molecular flexibility index (Phi) is 2.00. The number of Topliss-reactive ketones (excluding diaryl/α,β-unsaturated/α-hetero) is 1. The average molecular weight is 188 g/mol. The van der Waals surface area contributed by atoms with E-state index in [0.717, 1.165) is 22.3 Å². The maximum atomic E-state index is 11.1. The first-order valence-electron chi connectivity index (χ1n) is 4.52. The fourth-order valence-electron chi connectivity index (χ4n) is 1.49. The molecular formula is C11H12N2O. The number of carbonyl (C=O) groups excluding carboxylic acids is 1. The van der Waals surface area contributed by atoms with E-state index >= 15 is 0 Å². The van der Waals surface area contributed by atoms with Crippen molar-refractivity contribution in [3.8, 4) is 0 Å². The number of ketones is 1. The fraction of sp³-hybridized carbons (Fsp3) is 0.182. The minimum atomic E-state index is 0.0964. The molecule has 72 valence electrons. The van der Waals surface area contributed by atoms with Crippen molar-refractivity contribution in [2.24, 2.45) is 0 Å². The first-order valence-corrected chi connectivity index (χ1v) is 4.52. The number of hydrogen-bond acceptors (Lipinski definition) is 2. The predicted molar refractivity (Wildman–Crippen MR) is 57.8 cm³/mol. The summed E-state index contributed by atoms with van der Waals surface area (Å²) in [4.78, 5) is 14.3. The Morgan fingerprint density at radius 3 is 2.79 bits per heavy atom. The molecular weight excluding hydrogens is 176 g/mol. The normalized spacial score (nSPS) is 10.4. The second-order valence-corrected chi connectivity index (χ2v) is 3.29. The van der Waals surface area contributed by atoms with Crippen molar-refractivity contribution in [2.75, 3.05) is 12.4 Å². The lowest BCUT2D eigenvalue weighted by Gasteiger charge is -1.94. The Labute approximate surface area is 82.1 Å². The molecule has 1 aromatic heterocycles. The minimum Gasteiger partial charge on any atom is -0.375 e. The van der Waals surface area contributed by atoms with Crippen molar-refractivity contribution in [3.05, 3.63) is 29.8 Å². The molecule has 0 spiro atoms. The largest absolute Gasteiger partial charge is 0.375 e. The van der Waals surface area contributed by atoms with E-state index in [9.17, 15) is 4.79 Å². The maximum absolute atomic E-state index is 11.1. The van der Waals surface area contributed by atoms with E-state index in [1.54, 1.807) is 6.92 Å². The molecule has 0 fully saturated rings. The van der Waals surface area contributed by atoms with Crippen LogP contribution in [0.3, 0.4) is 0 Å². The highest BCUT2D eigenvalue weighted by atomic mass is 16.1. The van der Waals surface area contributed by atoms with Crippen LogP contribution in [0.25, 0.3) is 10.9 Å². The Balaban J connectivity index is 2.59. The van der Waals surface area contributed by atoms with Gasteiger partial charge < -0.3 is 10.3 Å². The molecule has 0 bridgehead atoms. The van der Waals surface area contributed by atoms with Crippen molar-refractivity contribution in [2.45, 2.75) is 6.92 Å². The first kappa shape index (κ1) is 8.81. The molecule has 0 atom stereocenters. The molecule has 0 amide bonds. The van der Waals surface area contributed by atoms with Crippen molar-refractivity contribution in [3.63, 3.8) is 0 Å². The van der Waals surface area contributed by atoms with Crippen LogP contribution in [-0.4, -0.2) is 17.8 Å². The number of H-pyrrole nitrogens is 1. The molecule has 2 aromatic rings. The molecule has 0 aliphatic heterocycles. The van der Waals surface area contributed by atoms with E-state index in [0.29, 0.717) is 0 Å². The van der Waals surface area contributed by atoms with Gasteiger partial charge in [0.2, 0.25) is 0 Å². The van der Waals surface area contributed by atoms with Crippen LogP contribution >= 0.6 is 0 Å². The van der Waals surface area contributed by atoms with Gasteiger partial charge in [-0.05, 0) is 31.2 Å². The topological polar surface area (TPSA) is 44.9 Å². The number of carbonyl (C=O) groups is 1. The average Bonchev–Trinajstić information content (AvgIpc) is 2.58. The van der Waals surface area contributed by atoms with E-state index in [1.165, 1.54) is 0 Å². The molecule has 1 heterocycles. The molecule has 0 saturated carbocycles. The van der Waals surface area contributed by atoms with E-state index < -0.39 is 0 Å². The summed E-state index contributed by atoms with van der Waals surface area (Å²) in [5.41, 5.74) is 1.79. The number of aromatic amines is 1. The third kappa shape index (κ3) is 1.37. The molecule has 14 heavy (non-hydrogen) atoms. The van der Waals surface area contributed by atoms with Crippen LogP contribution in [0.4, 0.5) is 5.82 Å². The van der Waals surface area contributed by atoms with E-state index in [1.807, 2.05) is 31.3 Å². The molecule has 3 heteroatoms. The summed E-state index contributed by atoms with van der Waals surface area (Å²) in [6.45, 7) is 1.58. The maximum Gasteiger partial charge on any atom is 0.159 e. The summed E-state index contributed by atoms with van der Waals surface area (Å²) >= 11 is 0. The van der Waals surface area contributed by atoms with Gasteiger partial charge in [0.25, 0.3) is 0 Å². The van der Waals surface area contributed by atoms with Crippen LogP contribution in [0.15, 0.2) is 24.3 Å². The van der Waals surface area contributed by atoms with Crippen LogP contribution in [0.2, 0.25) is 0 Å². The number of benzene rings is 1. The van der Waals surface area contributed by atoms with Crippen LogP contribution in [0.1, 0.15) is 17.3 Å². The molecule has 0 unspecified atom stereocenters. The lowest BCUT2D eigenvalue weighted by molar-refractivity contribution is 0.101. The van der Waals surface area contributed by atoms with Crippen LogP contribution in [0, 0.1) is 0 Å². The summed E-state index contributed by atoms with van der Waals surface area (Å²) in [7, 11) is 1.86. The van der Waals surface area contributed by atoms with Gasteiger partial charge in [-0.3, -0.25) is 4.79 Å². The summed E-state index contributed by atoms with van der Waals surface area (Å²) in [6, 6.07) is 7.64. The third-order valence-electron chi connectivity index (χ3n) is 2.30. The van der Waals surface area contributed by atoms with Gasteiger partial charge in [-0.25, -0.2) is 0 Å². The fourth-order valence-corrected chi connectivity index (χ4v) is 1.49. The molecule has 0 aliphatic rings. The molecule has 0 aliphatic carbocycles. The van der Waals surface area contributed by atoms with E-state index in [2.05, 4.69) is 10.3 Å². The van der Waals surface area contributed by atoms with Crippen molar-refractivity contribution in [1.82, 2.24) is 4.98 Å². The van der Waals surface area contributed by atoms with Crippen molar-refractivity contribution < 1.29 is 4.79 Å². The van der Waals surface area contributed by atoms with Crippen molar-refractivity contribution in [1.29, 1.82) is 0 Å². The summed E-state index contributed by atoms with van der Waals surface area (Å²) in [6.07, 6.45) is 0. The molecule has 0 saturated heterocycles.